The summed E-state index contributed by atoms with van der Waals surface area (Å²) in [4.78, 5) is 32.3. The topological polar surface area (TPSA) is 144 Å². The Morgan fingerprint density at radius 2 is 1.92 bits per heavy atom. The van der Waals surface area contributed by atoms with Gasteiger partial charge in [-0.25, -0.2) is 27.2 Å². The van der Waals surface area contributed by atoms with Gasteiger partial charge >= 0.3 is 6.09 Å². The lowest BCUT2D eigenvalue weighted by Gasteiger charge is -2.36. The molecular formula is C38H39FN4O7S. The second-order valence-corrected chi connectivity index (χ2v) is 15.6. The fourth-order valence-electron chi connectivity index (χ4n) is 7.42. The molecule has 0 radical (unpaired) electrons. The number of aliphatic hydroxyl groups excluding tert-OH is 1. The second kappa shape index (κ2) is 12.3. The van der Waals surface area contributed by atoms with Crippen LogP contribution in [0, 0.1) is 6.92 Å². The molecule has 0 spiro atoms. The molecule has 1 aliphatic heterocycles. The third kappa shape index (κ3) is 5.59. The minimum absolute atomic E-state index is 0.156. The fourth-order valence-corrected chi connectivity index (χ4v) is 7.92. The Balaban J connectivity index is 1.52. The van der Waals surface area contributed by atoms with Crippen molar-refractivity contribution in [3.05, 3.63) is 82.0 Å². The van der Waals surface area contributed by atoms with Crippen LogP contribution >= 0.6 is 0 Å². The number of benzene rings is 1. The van der Waals surface area contributed by atoms with Crippen molar-refractivity contribution >= 4 is 49.8 Å². The predicted molar refractivity (Wildman–Crippen MR) is 194 cm³/mol. The van der Waals surface area contributed by atoms with Crippen LogP contribution in [0.5, 0.6) is 0 Å². The van der Waals surface area contributed by atoms with E-state index in [1.807, 2.05) is 26.8 Å². The van der Waals surface area contributed by atoms with E-state index in [1.165, 1.54) is 20.2 Å². The predicted octanol–water partition coefficient (Wildman–Crippen LogP) is 6.70. The van der Waals surface area contributed by atoms with Gasteiger partial charge in [0.1, 0.15) is 22.8 Å². The number of cyclic esters (lactones) is 1. The van der Waals surface area contributed by atoms with Gasteiger partial charge in [0.25, 0.3) is 5.91 Å². The summed E-state index contributed by atoms with van der Waals surface area (Å²) in [6, 6.07) is 6.78. The molecule has 51 heavy (non-hydrogen) atoms. The van der Waals surface area contributed by atoms with Crippen molar-refractivity contribution in [2.45, 2.75) is 58.5 Å². The molecule has 3 aromatic heterocycles. The number of hydrogen-bond donors (Lipinski definition) is 2. The molecule has 2 aliphatic carbocycles. The first-order valence-corrected chi connectivity index (χ1v) is 18.6. The summed E-state index contributed by atoms with van der Waals surface area (Å²) in [5, 5.41) is 13.2. The highest BCUT2D eigenvalue weighted by molar-refractivity contribution is 7.92. The number of carbonyl (C=O) groups is 2. The molecule has 7 rings (SSSR count). The summed E-state index contributed by atoms with van der Waals surface area (Å²) in [6.45, 7) is 5.52. The highest BCUT2D eigenvalue weighted by Crippen LogP contribution is 2.47. The molecular weight excluding hydrogens is 676 g/mol. The number of anilines is 1. The van der Waals surface area contributed by atoms with Crippen LogP contribution in [0.25, 0.3) is 44.8 Å². The van der Waals surface area contributed by atoms with E-state index in [9.17, 15) is 27.5 Å². The fraction of sp³-hybridized carbons (Fsp3) is 0.342. The number of hydrogen-bond acceptors (Lipinski definition) is 8. The molecule has 4 aromatic rings. The van der Waals surface area contributed by atoms with Gasteiger partial charge in [-0.1, -0.05) is 18.2 Å². The average molecular weight is 715 g/mol. The minimum atomic E-state index is -3.80. The maximum absolute atomic E-state index is 13.9. The summed E-state index contributed by atoms with van der Waals surface area (Å²) in [5.74, 6) is -0.441. The molecule has 2 N–H and O–H groups in total. The maximum Gasteiger partial charge on any atom is 0.419 e. The Hall–Kier alpha value is -5.01. The molecule has 4 heterocycles. The number of nitrogens with zero attached hydrogens (tertiary/aromatic N) is 3. The van der Waals surface area contributed by atoms with E-state index in [-0.39, 0.29) is 47.9 Å². The molecule has 0 saturated carbocycles. The molecule has 0 saturated heterocycles. The number of aromatic nitrogens is 2. The third-order valence-corrected chi connectivity index (χ3v) is 11.3. The van der Waals surface area contributed by atoms with E-state index < -0.39 is 27.6 Å². The number of carbonyl (C=O) groups excluding carboxylic acids is 2. The number of aliphatic hydroxyl groups is 1. The number of amides is 1. The Bertz CT molecular complexity index is 2380. The van der Waals surface area contributed by atoms with Crippen LogP contribution in [0.15, 0.2) is 52.7 Å². The smallest absolute Gasteiger partial charge is 0.419 e. The van der Waals surface area contributed by atoms with Gasteiger partial charge in [0.15, 0.2) is 0 Å². The SMILES string of the molecule is CNC(=O)c1c(C2=CC=C(F)CC2)oc2cc(N(C)S(C)(=O)=O)c(-c3ccc(CCO)c(-c4c(C)c5c6n4C(=O)OC(C)(C)C6=CCC5)n3)cc12. The number of fused-ring (bicyclic) bond motifs is 1. The summed E-state index contributed by atoms with van der Waals surface area (Å²) in [6.07, 6.45) is 7.81. The van der Waals surface area contributed by atoms with E-state index in [0.717, 1.165) is 45.8 Å². The van der Waals surface area contributed by atoms with E-state index in [0.29, 0.717) is 45.6 Å². The summed E-state index contributed by atoms with van der Waals surface area (Å²) in [5.41, 5.74) is 6.55. The molecule has 1 amide bonds. The Labute approximate surface area is 295 Å². The standard InChI is InChI=1S/C38H39FN4O7S/c1-20-24-8-7-9-27-34(24)43(37(46)50-38(27,2)3)33(20)32-21(16-17-44)12-15-28(41-32)25-18-26-30(19-29(25)42(5)51(6,47)48)49-35(31(26)36(45)40-4)22-10-13-23(39)14-11-22/h9-10,12-13,15,18-19,44H,7-8,11,14,16-17H2,1-6H3,(H,40,45). The van der Waals surface area contributed by atoms with Gasteiger partial charge in [0, 0.05) is 49.7 Å². The maximum atomic E-state index is 13.9. The quantitative estimate of drug-likeness (QED) is 0.205. The molecule has 0 fully saturated rings. The van der Waals surface area contributed by atoms with Crippen molar-refractivity contribution in [2.75, 3.05) is 31.3 Å². The first-order valence-electron chi connectivity index (χ1n) is 16.8. The number of rotatable bonds is 8. The van der Waals surface area contributed by atoms with Crippen molar-refractivity contribution in [1.82, 2.24) is 14.9 Å². The molecule has 13 heteroatoms. The van der Waals surface area contributed by atoms with Crippen molar-refractivity contribution in [1.29, 1.82) is 0 Å². The van der Waals surface area contributed by atoms with Crippen LogP contribution in [0.4, 0.5) is 14.9 Å². The number of halogens is 1. The van der Waals surface area contributed by atoms with Crippen molar-refractivity contribution in [3.8, 4) is 22.6 Å². The summed E-state index contributed by atoms with van der Waals surface area (Å²) in [7, 11) is -0.884. The normalized spacial score (nSPS) is 16.6. The van der Waals surface area contributed by atoms with E-state index >= 15 is 0 Å². The Morgan fingerprint density at radius 1 is 1.16 bits per heavy atom. The van der Waals surface area contributed by atoms with Crippen LogP contribution in [0.3, 0.4) is 0 Å². The number of allylic oxidation sites excluding steroid dienone is 5. The van der Waals surface area contributed by atoms with Crippen molar-refractivity contribution in [3.63, 3.8) is 0 Å². The molecule has 1 aromatic carbocycles. The van der Waals surface area contributed by atoms with Gasteiger partial charge in [0.05, 0.1) is 40.3 Å². The van der Waals surface area contributed by atoms with Gasteiger partial charge in [-0.2, -0.15) is 0 Å². The van der Waals surface area contributed by atoms with E-state index in [4.69, 9.17) is 14.1 Å². The van der Waals surface area contributed by atoms with Gasteiger partial charge in [-0.15, -0.1) is 0 Å². The highest BCUT2D eigenvalue weighted by Gasteiger charge is 2.43. The zero-order chi connectivity index (χ0) is 36.6. The zero-order valence-corrected chi connectivity index (χ0v) is 30.1. The lowest BCUT2D eigenvalue weighted by molar-refractivity contribution is 0.0716. The number of nitrogens with one attached hydrogen (secondary N) is 1. The van der Waals surface area contributed by atoms with Crippen molar-refractivity contribution in [2.24, 2.45) is 0 Å². The lowest BCUT2D eigenvalue weighted by Crippen LogP contribution is -2.39. The van der Waals surface area contributed by atoms with E-state index in [2.05, 4.69) is 11.4 Å². The number of pyridine rings is 1. The molecule has 0 bridgehead atoms. The first kappa shape index (κ1) is 34.4. The molecule has 0 unspecified atom stereocenters. The van der Waals surface area contributed by atoms with Crippen LogP contribution in [0.1, 0.15) is 71.6 Å². The third-order valence-electron chi connectivity index (χ3n) is 10.1. The number of furan rings is 1. The van der Waals surface area contributed by atoms with Crippen LogP contribution in [-0.2, 0) is 27.6 Å². The van der Waals surface area contributed by atoms with Gasteiger partial charge < -0.3 is 19.6 Å². The first-order chi connectivity index (χ1) is 24.2. The van der Waals surface area contributed by atoms with Gasteiger partial charge in [-0.05, 0) is 86.9 Å². The Morgan fingerprint density at radius 3 is 2.59 bits per heavy atom. The summed E-state index contributed by atoms with van der Waals surface area (Å²) >= 11 is 0. The molecule has 266 valence electrons. The Kier molecular flexibility index (Phi) is 8.33. The van der Waals surface area contributed by atoms with E-state index in [1.54, 1.807) is 28.8 Å². The lowest BCUT2D eigenvalue weighted by atomic mass is 9.85. The highest BCUT2D eigenvalue weighted by atomic mass is 32.2. The van der Waals surface area contributed by atoms with Gasteiger partial charge in [-0.3, -0.25) is 9.10 Å². The largest absolute Gasteiger partial charge is 0.455 e. The minimum Gasteiger partial charge on any atom is -0.455 e. The second-order valence-electron chi connectivity index (χ2n) is 13.6. The summed E-state index contributed by atoms with van der Waals surface area (Å²) < 4.78 is 54.9. The van der Waals surface area contributed by atoms with Crippen LogP contribution < -0.4 is 9.62 Å². The average Bonchev–Trinajstić information content (AvgIpc) is 3.61. The molecule has 3 aliphatic rings. The number of sulfonamides is 1. The van der Waals surface area contributed by atoms with Crippen LogP contribution in [-0.4, -0.2) is 67.6 Å². The van der Waals surface area contributed by atoms with Crippen LogP contribution in [0.2, 0.25) is 0 Å². The zero-order valence-electron chi connectivity index (χ0n) is 29.3. The molecule has 11 nitrogen and oxygen atoms in total. The van der Waals surface area contributed by atoms with Crippen molar-refractivity contribution < 1.29 is 36.7 Å². The number of ether oxygens (including phenoxy) is 1. The molecule has 0 atom stereocenters. The monoisotopic (exact) mass is 714 g/mol. The van der Waals surface area contributed by atoms with Gasteiger partial charge in [0.2, 0.25) is 10.0 Å².